The first kappa shape index (κ1) is 14.0. The van der Waals surface area contributed by atoms with Crippen LogP contribution in [0.2, 0.25) is 0 Å². The molecule has 98 valence electrons. The molecular weight excluding hydrogens is 218 g/mol. The number of carboxylic acid groups (broad SMARTS) is 1. The standard InChI is InChI=1S/C13H23NO3/c1-12(2)6-5-7-14(9-12)10(15)8-13(3,4)11(16)17/h5-9H2,1-4H3,(H,16,17). The van der Waals surface area contributed by atoms with Crippen LogP contribution in [-0.4, -0.2) is 35.0 Å². The molecule has 0 spiro atoms. The van der Waals surface area contributed by atoms with E-state index >= 15 is 0 Å². The van der Waals surface area contributed by atoms with Crippen LogP contribution >= 0.6 is 0 Å². The first-order valence-electron chi connectivity index (χ1n) is 6.15. The second kappa shape index (κ2) is 4.67. The minimum atomic E-state index is -0.974. The summed E-state index contributed by atoms with van der Waals surface area (Å²) >= 11 is 0. The monoisotopic (exact) mass is 241 g/mol. The molecule has 0 aromatic heterocycles. The van der Waals surface area contributed by atoms with E-state index < -0.39 is 11.4 Å². The number of carboxylic acids is 1. The van der Waals surface area contributed by atoms with E-state index in [9.17, 15) is 9.59 Å². The SMILES string of the molecule is CC1(C)CCCN(C(=O)CC(C)(C)C(=O)O)C1. The Kier molecular flexibility index (Phi) is 3.84. The number of nitrogens with zero attached hydrogens (tertiary/aromatic N) is 1. The predicted molar refractivity (Wildman–Crippen MR) is 65.6 cm³/mol. The maximum absolute atomic E-state index is 12.1. The Morgan fingerprint density at radius 2 is 1.94 bits per heavy atom. The number of likely N-dealkylation sites (tertiary alicyclic amines) is 1. The molecule has 1 aliphatic heterocycles. The first-order chi connectivity index (χ1) is 7.64. The topological polar surface area (TPSA) is 57.6 Å². The van der Waals surface area contributed by atoms with E-state index in [1.165, 1.54) is 0 Å². The summed E-state index contributed by atoms with van der Waals surface area (Å²) in [5.74, 6) is -0.952. The fraction of sp³-hybridized carbons (Fsp3) is 0.846. The quantitative estimate of drug-likeness (QED) is 0.823. The fourth-order valence-electron chi connectivity index (χ4n) is 2.20. The lowest BCUT2D eigenvalue weighted by Gasteiger charge is -2.39. The van der Waals surface area contributed by atoms with Crippen molar-refractivity contribution in [1.82, 2.24) is 4.90 Å². The van der Waals surface area contributed by atoms with Crippen molar-refractivity contribution in [3.63, 3.8) is 0 Å². The minimum Gasteiger partial charge on any atom is -0.481 e. The lowest BCUT2D eigenvalue weighted by atomic mass is 9.83. The predicted octanol–water partition coefficient (Wildman–Crippen LogP) is 2.14. The summed E-state index contributed by atoms with van der Waals surface area (Å²) in [7, 11) is 0. The molecule has 1 saturated heterocycles. The number of aliphatic carboxylic acids is 1. The molecule has 1 heterocycles. The zero-order valence-corrected chi connectivity index (χ0v) is 11.2. The molecule has 4 heteroatoms. The molecule has 1 aliphatic rings. The van der Waals surface area contributed by atoms with Crippen LogP contribution in [0.1, 0.15) is 47.0 Å². The first-order valence-corrected chi connectivity index (χ1v) is 6.15. The second-order valence-electron chi connectivity index (χ2n) is 6.45. The Hall–Kier alpha value is -1.06. The van der Waals surface area contributed by atoms with Gasteiger partial charge in [0.1, 0.15) is 0 Å². The van der Waals surface area contributed by atoms with Crippen molar-refractivity contribution >= 4 is 11.9 Å². The molecule has 0 saturated carbocycles. The molecule has 4 nitrogen and oxygen atoms in total. The van der Waals surface area contributed by atoms with Crippen molar-refractivity contribution in [3.8, 4) is 0 Å². The molecule has 1 N–H and O–H groups in total. The van der Waals surface area contributed by atoms with Crippen molar-refractivity contribution in [2.45, 2.75) is 47.0 Å². The minimum absolute atomic E-state index is 0.0369. The fourth-order valence-corrected chi connectivity index (χ4v) is 2.20. The number of amides is 1. The number of hydrogen-bond donors (Lipinski definition) is 1. The summed E-state index contributed by atoms with van der Waals surface area (Å²) in [6.07, 6.45) is 2.21. The highest BCUT2D eigenvalue weighted by molar-refractivity contribution is 5.84. The summed E-state index contributed by atoms with van der Waals surface area (Å²) in [5.41, 5.74) is -0.819. The van der Waals surface area contributed by atoms with Crippen molar-refractivity contribution in [3.05, 3.63) is 0 Å². The molecule has 1 amide bonds. The van der Waals surface area contributed by atoms with Gasteiger partial charge in [0.05, 0.1) is 5.41 Å². The van der Waals surface area contributed by atoms with Crippen molar-refractivity contribution in [1.29, 1.82) is 0 Å². The smallest absolute Gasteiger partial charge is 0.309 e. The van der Waals surface area contributed by atoms with Crippen LogP contribution in [0.15, 0.2) is 0 Å². The van der Waals surface area contributed by atoms with Gasteiger partial charge in [-0.3, -0.25) is 9.59 Å². The highest BCUT2D eigenvalue weighted by atomic mass is 16.4. The summed E-state index contributed by atoms with van der Waals surface area (Å²) in [4.78, 5) is 24.9. The van der Waals surface area contributed by atoms with Gasteiger partial charge in [0.2, 0.25) is 5.91 Å². The van der Waals surface area contributed by atoms with Gasteiger partial charge in [0.25, 0.3) is 0 Å². The molecule has 0 radical (unpaired) electrons. The summed E-state index contributed by atoms with van der Waals surface area (Å²) in [6.45, 7) is 8.99. The zero-order valence-electron chi connectivity index (χ0n) is 11.2. The van der Waals surface area contributed by atoms with Gasteiger partial charge in [-0.25, -0.2) is 0 Å². The lowest BCUT2D eigenvalue weighted by Crippen LogP contribution is -2.45. The third kappa shape index (κ3) is 3.72. The Labute approximate surface area is 103 Å². The van der Waals surface area contributed by atoms with E-state index in [1.54, 1.807) is 13.8 Å². The van der Waals surface area contributed by atoms with Crippen molar-refractivity contribution < 1.29 is 14.7 Å². The normalized spacial score (nSPS) is 20.1. The van der Waals surface area contributed by atoms with Crippen molar-refractivity contribution in [2.24, 2.45) is 10.8 Å². The van der Waals surface area contributed by atoms with E-state index in [0.717, 1.165) is 25.9 Å². The van der Waals surface area contributed by atoms with Gasteiger partial charge in [-0.15, -0.1) is 0 Å². The van der Waals surface area contributed by atoms with Crippen LogP contribution in [0.5, 0.6) is 0 Å². The summed E-state index contributed by atoms with van der Waals surface area (Å²) in [6, 6.07) is 0. The third-order valence-electron chi connectivity index (χ3n) is 3.43. The second-order valence-corrected chi connectivity index (χ2v) is 6.45. The Bertz CT molecular complexity index is 321. The van der Waals surface area contributed by atoms with Gasteiger partial charge in [0, 0.05) is 19.5 Å². The highest BCUT2D eigenvalue weighted by Gasteiger charge is 2.35. The summed E-state index contributed by atoms with van der Waals surface area (Å²) in [5, 5.41) is 9.02. The lowest BCUT2D eigenvalue weighted by molar-refractivity contribution is -0.152. The van der Waals surface area contributed by atoms with E-state index in [2.05, 4.69) is 13.8 Å². The van der Waals surface area contributed by atoms with Gasteiger partial charge in [-0.05, 0) is 32.1 Å². The van der Waals surface area contributed by atoms with Crippen LogP contribution < -0.4 is 0 Å². The van der Waals surface area contributed by atoms with E-state index in [1.807, 2.05) is 4.90 Å². The number of hydrogen-bond acceptors (Lipinski definition) is 2. The van der Waals surface area contributed by atoms with Crippen molar-refractivity contribution in [2.75, 3.05) is 13.1 Å². The molecule has 0 aromatic carbocycles. The molecule has 1 fully saturated rings. The van der Waals surface area contributed by atoms with Crippen LogP contribution in [0.4, 0.5) is 0 Å². The van der Waals surface area contributed by atoms with Gasteiger partial charge in [-0.2, -0.15) is 0 Å². The van der Waals surface area contributed by atoms with Gasteiger partial charge < -0.3 is 10.0 Å². The van der Waals surface area contributed by atoms with Crippen LogP contribution in [0.25, 0.3) is 0 Å². The molecule has 0 unspecified atom stereocenters. The van der Waals surface area contributed by atoms with Gasteiger partial charge in [0.15, 0.2) is 0 Å². The highest BCUT2D eigenvalue weighted by Crippen LogP contribution is 2.30. The maximum Gasteiger partial charge on any atom is 0.309 e. The molecule has 0 aliphatic carbocycles. The maximum atomic E-state index is 12.1. The number of rotatable bonds is 3. The average molecular weight is 241 g/mol. The summed E-state index contributed by atoms with van der Waals surface area (Å²) < 4.78 is 0. The Balaban J connectivity index is 2.62. The molecule has 0 atom stereocenters. The molecule has 0 bridgehead atoms. The van der Waals surface area contributed by atoms with E-state index in [-0.39, 0.29) is 17.7 Å². The molecule has 0 aromatic rings. The molecular formula is C13H23NO3. The van der Waals surface area contributed by atoms with E-state index in [4.69, 9.17) is 5.11 Å². The molecule has 17 heavy (non-hydrogen) atoms. The van der Waals surface area contributed by atoms with Gasteiger partial charge in [-0.1, -0.05) is 13.8 Å². The Morgan fingerprint density at radius 3 is 2.41 bits per heavy atom. The third-order valence-corrected chi connectivity index (χ3v) is 3.43. The Morgan fingerprint density at radius 1 is 1.35 bits per heavy atom. The molecule has 1 rings (SSSR count). The van der Waals surface area contributed by atoms with E-state index in [0.29, 0.717) is 0 Å². The number of carbonyl (C=O) groups excluding carboxylic acids is 1. The number of piperidine rings is 1. The van der Waals surface area contributed by atoms with Crippen LogP contribution in [-0.2, 0) is 9.59 Å². The largest absolute Gasteiger partial charge is 0.481 e. The van der Waals surface area contributed by atoms with Gasteiger partial charge >= 0.3 is 5.97 Å². The number of carbonyl (C=O) groups is 2. The zero-order chi connectivity index (χ0) is 13.3. The average Bonchev–Trinajstić information content (AvgIpc) is 2.15. The van der Waals surface area contributed by atoms with Crippen LogP contribution in [0, 0.1) is 10.8 Å². The van der Waals surface area contributed by atoms with Crippen LogP contribution in [0.3, 0.4) is 0 Å².